The molecule has 0 aliphatic heterocycles. The van der Waals surface area contributed by atoms with E-state index in [9.17, 15) is 4.79 Å². The molecule has 0 aliphatic carbocycles. The van der Waals surface area contributed by atoms with Crippen molar-refractivity contribution in [1.29, 1.82) is 0 Å². The van der Waals surface area contributed by atoms with Gasteiger partial charge in [0.25, 0.3) is 0 Å². The zero-order valence-electron chi connectivity index (χ0n) is 14.3. The van der Waals surface area contributed by atoms with E-state index in [4.69, 9.17) is 0 Å². The fourth-order valence-electron chi connectivity index (χ4n) is 2.21. The van der Waals surface area contributed by atoms with Crippen molar-refractivity contribution < 1.29 is 4.79 Å². The van der Waals surface area contributed by atoms with E-state index in [0.29, 0.717) is 6.54 Å². The summed E-state index contributed by atoms with van der Waals surface area (Å²) in [5, 5.41) is 17.2. The number of amides is 1. The summed E-state index contributed by atoms with van der Waals surface area (Å²) in [6.45, 7) is 3.25. The first-order valence-electron chi connectivity index (χ1n) is 8.29. The molecule has 3 aromatic rings. The van der Waals surface area contributed by atoms with E-state index in [2.05, 4.69) is 38.3 Å². The number of aromatic nitrogens is 2. The fourth-order valence-corrected chi connectivity index (χ4v) is 4.86. The van der Waals surface area contributed by atoms with E-state index in [1.165, 1.54) is 28.0 Å². The first kappa shape index (κ1) is 18.9. The van der Waals surface area contributed by atoms with Crippen molar-refractivity contribution in [1.82, 2.24) is 15.5 Å². The summed E-state index contributed by atoms with van der Waals surface area (Å²) in [5.41, 5.74) is 1.09. The van der Waals surface area contributed by atoms with Crippen LogP contribution < -0.4 is 10.6 Å². The maximum atomic E-state index is 12.2. The molecular weight excluding hydrogens is 384 g/mol. The second kappa shape index (κ2) is 9.70. The normalized spacial score (nSPS) is 11.9. The third-order valence-electron chi connectivity index (χ3n) is 3.59. The number of nitrogens with zero attached hydrogens (tertiary/aromatic N) is 2. The Balaban J connectivity index is 1.41. The smallest absolute Gasteiger partial charge is 0.233 e. The SMILES string of the molecule is CC(Sc1nnc(NCCc2cccs2)s1)C(=O)NCc1ccccc1. The summed E-state index contributed by atoms with van der Waals surface area (Å²) in [6, 6.07) is 14.1. The van der Waals surface area contributed by atoms with Crippen LogP contribution in [0.1, 0.15) is 17.4 Å². The van der Waals surface area contributed by atoms with Crippen LogP contribution in [0.2, 0.25) is 0 Å². The number of carbonyl (C=O) groups excluding carboxylic acids is 1. The Bertz CT molecular complexity index is 805. The summed E-state index contributed by atoms with van der Waals surface area (Å²) >= 11 is 4.67. The number of nitrogens with one attached hydrogen (secondary N) is 2. The molecule has 0 radical (unpaired) electrons. The van der Waals surface area contributed by atoms with E-state index in [-0.39, 0.29) is 11.2 Å². The number of thiophene rings is 1. The summed E-state index contributed by atoms with van der Waals surface area (Å²) in [6.07, 6.45) is 0.970. The summed E-state index contributed by atoms with van der Waals surface area (Å²) in [5.74, 6) is 0.00116. The van der Waals surface area contributed by atoms with Gasteiger partial charge in [0.15, 0.2) is 4.34 Å². The number of hydrogen-bond donors (Lipinski definition) is 2. The molecule has 1 atom stereocenters. The number of carbonyl (C=O) groups is 1. The lowest BCUT2D eigenvalue weighted by atomic mass is 10.2. The fraction of sp³-hybridized carbons (Fsp3) is 0.278. The van der Waals surface area contributed by atoms with E-state index < -0.39 is 0 Å². The van der Waals surface area contributed by atoms with Crippen molar-refractivity contribution in [3.63, 3.8) is 0 Å². The predicted molar refractivity (Wildman–Crippen MR) is 110 cm³/mol. The lowest BCUT2D eigenvalue weighted by Gasteiger charge is -2.10. The Morgan fingerprint density at radius 1 is 1.19 bits per heavy atom. The van der Waals surface area contributed by atoms with Crippen LogP contribution in [0.15, 0.2) is 52.2 Å². The molecule has 2 aromatic heterocycles. The minimum Gasteiger partial charge on any atom is -0.360 e. The second-order valence-corrected chi connectivity index (χ2v) is 9.19. The van der Waals surface area contributed by atoms with E-state index in [0.717, 1.165) is 28.0 Å². The molecule has 1 unspecified atom stereocenters. The second-order valence-electron chi connectivity index (χ2n) is 5.59. The summed E-state index contributed by atoms with van der Waals surface area (Å²) in [4.78, 5) is 13.6. The third-order valence-corrected chi connectivity index (χ3v) is 6.59. The van der Waals surface area contributed by atoms with Crippen molar-refractivity contribution in [2.24, 2.45) is 0 Å². The molecule has 0 fully saturated rings. The van der Waals surface area contributed by atoms with Gasteiger partial charge in [-0.1, -0.05) is 59.5 Å². The maximum absolute atomic E-state index is 12.2. The molecule has 0 saturated heterocycles. The van der Waals surface area contributed by atoms with Crippen molar-refractivity contribution in [2.45, 2.75) is 29.5 Å². The van der Waals surface area contributed by atoms with E-state index in [1.54, 1.807) is 11.3 Å². The molecule has 0 aliphatic rings. The molecule has 0 saturated carbocycles. The minimum atomic E-state index is -0.217. The Labute approximate surface area is 165 Å². The average Bonchev–Trinajstić information content (AvgIpc) is 3.33. The molecule has 5 nitrogen and oxygen atoms in total. The van der Waals surface area contributed by atoms with Crippen LogP contribution in [-0.2, 0) is 17.8 Å². The molecule has 2 heterocycles. The summed E-state index contributed by atoms with van der Waals surface area (Å²) < 4.78 is 0.797. The van der Waals surface area contributed by atoms with Crippen molar-refractivity contribution in [3.8, 4) is 0 Å². The van der Waals surface area contributed by atoms with Gasteiger partial charge in [-0.05, 0) is 30.4 Å². The quantitative estimate of drug-likeness (QED) is 0.527. The molecular formula is C18H20N4OS3. The highest BCUT2D eigenvalue weighted by molar-refractivity contribution is 8.02. The van der Waals surface area contributed by atoms with Gasteiger partial charge in [-0.3, -0.25) is 4.79 Å². The molecule has 0 spiro atoms. The molecule has 8 heteroatoms. The molecule has 3 rings (SSSR count). The van der Waals surface area contributed by atoms with Crippen molar-refractivity contribution in [2.75, 3.05) is 11.9 Å². The third kappa shape index (κ3) is 5.82. The average molecular weight is 405 g/mol. The molecule has 1 amide bonds. The van der Waals surface area contributed by atoms with Crippen molar-refractivity contribution in [3.05, 3.63) is 58.3 Å². The van der Waals surface area contributed by atoms with Gasteiger partial charge in [0.05, 0.1) is 5.25 Å². The van der Waals surface area contributed by atoms with Crippen LogP contribution in [-0.4, -0.2) is 27.9 Å². The van der Waals surface area contributed by atoms with Crippen LogP contribution >= 0.6 is 34.4 Å². The molecule has 1 aromatic carbocycles. The van der Waals surface area contributed by atoms with Gasteiger partial charge in [0, 0.05) is 18.0 Å². The number of benzene rings is 1. The predicted octanol–water partition coefficient (Wildman–Crippen LogP) is 4.05. The van der Waals surface area contributed by atoms with Gasteiger partial charge >= 0.3 is 0 Å². The van der Waals surface area contributed by atoms with Gasteiger partial charge in [-0.2, -0.15) is 0 Å². The number of anilines is 1. The zero-order chi connectivity index (χ0) is 18.2. The largest absolute Gasteiger partial charge is 0.360 e. The Hall–Kier alpha value is -1.90. The van der Waals surface area contributed by atoms with Crippen LogP contribution in [0.25, 0.3) is 0 Å². The Kier molecular flexibility index (Phi) is 7.04. The standard InChI is InChI=1S/C18H20N4OS3/c1-13(16(23)20-12-14-6-3-2-4-7-14)25-18-22-21-17(26-18)19-10-9-15-8-5-11-24-15/h2-8,11,13H,9-10,12H2,1H3,(H,19,21)(H,20,23). The van der Waals surface area contributed by atoms with Crippen LogP contribution in [0.5, 0.6) is 0 Å². The maximum Gasteiger partial charge on any atom is 0.233 e. The first-order chi connectivity index (χ1) is 12.7. The number of hydrogen-bond acceptors (Lipinski definition) is 7. The van der Waals surface area contributed by atoms with E-state index in [1.807, 2.05) is 37.3 Å². The molecule has 136 valence electrons. The Morgan fingerprint density at radius 3 is 2.81 bits per heavy atom. The van der Waals surface area contributed by atoms with E-state index >= 15 is 0 Å². The highest BCUT2D eigenvalue weighted by Crippen LogP contribution is 2.29. The molecule has 2 N–H and O–H groups in total. The monoisotopic (exact) mass is 404 g/mol. The number of rotatable bonds is 9. The van der Waals surface area contributed by atoms with Gasteiger partial charge in [0.2, 0.25) is 11.0 Å². The molecule has 26 heavy (non-hydrogen) atoms. The van der Waals surface area contributed by atoms with Crippen LogP contribution in [0.3, 0.4) is 0 Å². The van der Waals surface area contributed by atoms with Gasteiger partial charge in [0.1, 0.15) is 0 Å². The highest BCUT2D eigenvalue weighted by atomic mass is 32.2. The Morgan fingerprint density at radius 2 is 2.04 bits per heavy atom. The summed E-state index contributed by atoms with van der Waals surface area (Å²) in [7, 11) is 0. The van der Waals surface area contributed by atoms with Crippen LogP contribution in [0, 0.1) is 0 Å². The topological polar surface area (TPSA) is 66.9 Å². The van der Waals surface area contributed by atoms with Crippen molar-refractivity contribution >= 4 is 45.5 Å². The molecule has 0 bridgehead atoms. The lowest BCUT2D eigenvalue weighted by Crippen LogP contribution is -2.30. The lowest BCUT2D eigenvalue weighted by molar-refractivity contribution is -0.120. The van der Waals surface area contributed by atoms with Gasteiger partial charge in [-0.25, -0.2) is 0 Å². The van der Waals surface area contributed by atoms with Crippen LogP contribution in [0.4, 0.5) is 5.13 Å². The number of thioether (sulfide) groups is 1. The first-order valence-corrected chi connectivity index (χ1v) is 10.9. The van der Waals surface area contributed by atoms with Gasteiger partial charge < -0.3 is 10.6 Å². The minimum absolute atomic E-state index is 0.00116. The van der Waals surface area contributed by atoms with Gasteiger partial charge in [-0.15, -0.1) is 21.5 Å². The highest BCUT2D eigenvalue weighted by Gasteiger charge is 2.17. The zero-order valence-corrected chi connectivity index (χ0v) is 16.8.